The number of nitrogens with zero attached hydrogens (tertiary/aromatic N) is 2. The summed E-state index contributed by atoms with van der Waals surface area (Å²) in [6.45, 7) is 2.52. The van der Waals surface area contributed by atoms with Crippen LogP contribution in [-0.4, -0.2) is 11.6 Å². The summed E-state index contributed by atoms with van der Waals surface area (Å²) in [5, 5.41) is 10.0. The van der Waals surface area contributed by atoms with E-state index in [0.717, 1.165) is 22.2 Å². The van der Waals surface area contributed by atoms with E-state index in [4.69, 9.17) is 21.6 Å². The Morgan fingerprint density at radius 1 is 1.44 bits per heavy atom. The standard InChI is InChI=1S/C14H13ClN2O/c1-2-18-12-7-3-5-10-9-11(6-4-8-16)14(15)17-13(10)12/h3,5,7,9H,2,4,6H2,1H3. The third-order valence-electron chi connectivity index (χ3n) is 2.64. The SMILES string of the molecule is CCOc1cccc2cc(CCC#N)c(Cl)nc12. The molecule has 0 radical (unpaired) electrons. The number of hydrogen-bond donors (Lipinski definition) is 0. The van der Waals surface area contributed by atoms with Crippen molar-refractivity contribution in [2.45, 2.75) is 19.8 Å². The summed E-state index contributed by atoms with van der Waals surface area (Å²) in [6, 6.07) is 9.86. The van der Waals surface area contributed by atoms with Gasteiger partial charge < -0.3 is 4.74 Å². The van der Waals surface area contributed by atoms with Gasteiger partial charge in [-0.25, -0.2) is 4.98 Å². The van der Waals surface area contributed by atoms with Gasteiger partial charge in [0.1, 0.15) is 16.4 Å². The molecule has 0 amide bonds. The number of benzene rings is 1. The second-order valence-corrected chi connectivity index (χ2v) is 4.22. The van der Waals surface area contributed by atoms with Crippen molar-refractivity contribution in [3.63, 3.8) is 0 Å². The molecule has 0 saturated carbocycles. The third-order valence-corrected chi connectivity index (χ3v) is 2.97. The third kappa shape index (κ3) is 2.55. The molecule has 2 aromatic rings. The van der Waals surface area contributed by atoms with Crippen molar-refractivity contribution in [3.05, 3.63) is 35.0 Å². The highest BCUT2D eigenvalue weighted by Crippen LogP contribution is 2.28. The molecule has 1 aromatic carbocycles. The molecule has 0 atom stereocenters. The maximum Gasteiger partial charge on any atom is 0.145 e. The Balaban J connectivity index is 2.49. The zero-order valence-corrected chi connectivity index (χ0v) is 10.9. The number of aryl methyl sites for hydroxylation is 1. The molecule has 0 saturated heterocycles. The quantitative estimate of drug-likeness (QED) is 0.787. The second kappa shape index (κ2) is 5.70. The smallest absolute Gasteiger partial charge is 0.145 e. The number of aromatic nitrogens is 1. The van der Waals surface area contributed by atoms with Crippen LogP contribution in [0.5, 0.6) is 5.75 Å². The Morgan fingerprint density at radius 2 is 2.28 bits per heavy atom. The molecule has 4 heteroatoms. The molecule has 3 nitrogen and oxygen atoms in total. The van der Waals surface area contributed by atoms with Gasteiger partial charge in [0.15, 0.2) is 0 Å². The lowest BCUT2D eigenvalue weighted by Gasteiger charge is -2.09. The largest absolute Gasteiger partial charge is 0.492 e. The number of rotatable bonds is 4. The van der Waals surface area contributed by atoms with E-state index in [9.17, 15) is 0 Å². The van der Waals surface area contributed by atoms with Gasteiger partial charge in [0.2, 0.25) is 0 Å². The summed E-state index contributed by atoms with van der Waals surface area (Å²) < 4.78 is 5.52. The minimum Gasteiger partial charge on any atom is -0.492 e. The zero-order chi connectivity index (χ0) is 13.0. The van der Waals surface area contributed by atoms with Gasteiger partial charge >= 0.3 is 0 Å². The first-order chi connectivity index (χ1) is 8.76. The van der Waals surface area contributed by atoms with Crippen LogP contribution in [-0.2, 0) is 6.42 Å². The van der Waals surface area contributed by atoms with Gasteiger partial charge in [-0.1, -0.05) is 23.7 Å². The van der Waals surface area contributed by atoms with E-state index in [1.54, 1.807) is 0 Å². The number of pyridine rings is 1. The Bertz CT molecular complexity index is 605. The number of fused-ring (bicyclic) bond motifs is 1. The van der Waals surface area contributed by atoms with Crippen molar-refractivity contribution >= 4 is 22.5 Å². The van der Waals surface area contributed by atoms with Gasteiger partial charge in [-0.3, -0.25) is 0 Å². The molecule has 0 aliphatic carbocycles. The van der Waals surface area contributed by atoms with E-state index < -0.39 is 0 Å². The van der Waals surface area contributed by atoms with Crippen LogP contribution in [0.25, 0.3) is 10.9 Å². The molecule has 0 unspecified atom stereocenters. The fourth-order valence-corrected chi connectivity index (χ4v) is 2.06. The fourth-order valence-electron chi connectivity index (χ4n) is 1.83. The van der Waals surface area contributed by atoms with Gasteiger partial charge in [-0.2, -0.15) is 5.26 Å². The maximum absolute atomic E-state index is 8.61. The lowest BCUT2D eigenvalue weighted by atomic mass is 10.1. The monoisotopic (exact) mass is 260 g/mol. The first-order valence-electron chi connectivity index (χ1n) is 5.84. The normalized spacial score (nSPS) is 10.3. The summed E-state index contributed by atoms with van der Waals surface area (Å²) >= 11 is 6.14. The molecular weight excluding hydrogens is 248 g/mol. The van der Waals surface area contributed by atoms with Crippen molar-refractivity contribution in [1.82, 2.24) is 4.98 Å². The second-order valence-electron chi connectivity index (χ2n) is 3.86. The molecule has 0 aliphatic rings. The Labute approximate surface area is 111 Å². The first kappa shape index (κ1) is 12.7. The lowest BCUT2D eigenvalue weighted by molar-refractivity contribution is 0.343. The van der Waals surface area contributed by atoms with E-state index in [-0.39, 0.29) is 0 Å². The van der Waals surface area contributed by atoms with Crippen LogP contribution >= 0.6 is 11.6 Å². The minimum atomic E-state index is 0.443. The van der Waals surface area contributed by atoms with Crippen molar-refractivity contribution in [3.8, 4) is 11.8 Å². The number of hydrogen-bond acceptors (Lipinski definition) is 3. The average molecular weight is 261 g/mol. The summed E-state index contributed by atoms with van der Waals surface area (Å²) in [5.74, 6) is 0.740. The fraction of sp³-hybridized carbons (Fsp3) is 0.286. The van der Waals surface area contributed by atoms with Gasteiger partial charge in [-0.05, 0) is 31.0 Å². The van der Waals surface area contributed by atoms with E-state index in [1.165, 1.54) is 0 Å². The predicted octanol–water partition coefficient (Wildman–Crippen LogP) is 3.74. The van der Waals surface area contributed by atoms with Crippen molar-refractivity contribution in [1.29, 1.82) is 5.26 Å². The van der Waals surface area contributed by atoms with Crippen LogP contribution < -0.4 is 4.74 Å². The van der Waals surface area contributed by atoms with Crippen LogP contribution in [0, 0.1) is 11.3 Å². The molecule has 0 N–H and O–H groups in total. The van der Waals surface area contributed by atoms with Crippen LogP contribution in [0.4, 0.5) is 0 Å². The Morgan fingerprint density at radius 3 is 3.00 bits per heavy atom. The predicted molar refractivity (Wildman–Crippen MR) is 71.9 cm³/mol. The van der Waals surface area contributed by atoms with E-state index in [2.05, 4.69) is 11.1 Å². The maximum atomic E-state index is 8.61. The topological polar surface area (TPSA) is 45.9 Å². The van der Waals surface area contributed by atoms with Crippen LogP contribution in [0.2, 0.25) is 5.15 Å². The molecular formula is C14H13ClN2O. The molecule has 1 heterocycles. The number of nitriles is 1. The molecule has 0 aliphatic heterocycles. The van der Waals surface area contributed by atoms with Gasteiger partial charge in [0.05, 0.1) is 12.7 Å². The Hall–Kier alpha value is -1.79. The van der Waals surface area contributed by atoms with Gasteiger partial charge in [-0.15, -0.1) is 0 Å². The summed E-state index contributed by atoms with van der Waals surface area (Å²) in [4.78, 5) is 4.38. The van der Waals surface area contributed by atoms with Crippen LogP contribution in [0.1, 0.15) is 18.9 Å². The average Bonchev–Trinajstić information content (AvgIpc) is 2.37. The minimum absolute atomic E-state index is 0.443. The number of halogens is 1. The molecule has 0 fully saturated rings. The first-order valence-corrected chi connectivity index (χ1v) is 6.22. The van der Waals surface area contributed by atoms with E-state index in [1.807, 2.05) is 31.2 Å². The molecule has 18 heavy (non-hydrogen) atoms. The van der Waals surface area contributed by atoms with Gasteiger partial charge in [0, 0.05) is 11.8 Å². The molecule has 0 spiro atoms. The van der Waals surface area contributed by atoms with Crippen molar-refractivity contribution in [2.75, 3.05) is 6.61 Å². The number of para-hydroxylation sites is 1. The summed E-state index contributed by atoms with van der Waals surface area (Å²) in [7, 11) is 0. The molecule has 0 bridgehead atoms. The van der Waals surface area contributed by atoms with E-state index >= 15 is 0 Å². The molecule has 2 rings (SSSR count). The highest BCUT2D eigenvalue weighted by atomic mass is 35.5. The van der Waals surface area contributed by atoms with Crippen molar-refractivity contribution in [2.24, 2.45) is 0 Å². The summed E-state index contributed by atoms with van der Waals surface area (Å²) in [5.41, 5.74) is 1.67. The van der Waals surface area contributed by atoms with Crippen LogP contribution in [0.3, 0.4) is 0 Å². The van der Waals surface area contributed by atoms with Crippen LogP contribution in [0.15, 0.2) is 24.3 Å². The highest BCUT2D eigenvalue weighted by Gasteiger charge is 2.08. The Kier molecular flexibility index (Phi) is 4.01. The van der Waals surface area contributed by atoms with E-state index in [0.29, 0.717) is 24.6 Å². The zero-order valence-electron chi connectivity index (χ0n) is 10.1. The summed E-state index contributed by atoms with van der Waals surface area (Å²) in [6.07, 6.45) is 1.06. The molecule has 92 valence electrons. The van der Waals surface area contributed by atoms with Gasteiger partial charge in [0.25, 0.3) is 0 Å². The number of ether oxygens (including phenoxy) is 1. The highest BCUT2D eigenvalue weighted by molar-refractivity contribution is 6.30. The molecule has 1 aromatic heterocycles. The van der Waals surface area contributed by atoms with Crippen molar-refractivity contribution < 1.29 is 4.74 Å². The lowest BCUT2D eigenvalue weighted by Crippen LogP contribution is -1.96.